The fourth-order valence-corrected chi connectivity index (χ4v) is 4.61. The van der Waals surface area contributed by atoms with Crippen LogP contribution < -0.4 is 0 Å². The molecule has 1 saturated carbocycles. The maximum Gasteiger partial charge on any atom is 0.324 e. The van der Waals surface area contributed by atoms with Crippen molar-refractivity contribution in [3.8, 4) is 0 Å². The summed E-state index contributed by atoms with van der Waals surface area (Å²) >= 11 is 0. The third-order valence-corrected chi connectivity index (χ3v) is 6.37. The van der Waals surface area contributed by atoms with Gasteiger partial charge in [0.15, 0.2) is 0 Å². The van der Waals surface area contributed by atoms with Crippen molar-refractivity contribution in [1.82, 2.24) is 4.57 Å². The highest BCUT2D eigenvalue weighted by atomic mass is 28.3. The number of ether oxygens (including phenoxy) is 1. The Morgan fingerprint density at radius 3 is 2.47 bits per heavy atom. The van der Waals surface area contributed by atoms with E-state index in [2.05, 4.69) is 4.57 Å². The Bertz CT molecular complexity index is 311. The van der Waals surface area contributed by atoms with Crippen LogP contribution in [0.25, 0.3) is 0 Å². The summed E-state index contributed by atoms with van der Waals surface area (Å²) in [5.74, 6) is 0.481. The minimum atomic E-state index is -2.03. The van der Waals surface area contributed by atoms with E-state index in [1.807, 2.05) is 27.7 Å². The number of esters is 1. The monoisotopic (exact) mass is 257 g/mol. The Balaban J connectivity index is 2.03. The van der Waals surface area contributed by atoms with Crippen molar-refractivity contribution in [1.29, 1.82) is 0 Å². The van der Waals surface area contributed by atoms with E-state index < -0.39 is 9.20 Å². The maximum absolute atomic E-state index is 11.8. The zero-order chi connectivity index (χ0) is 12.8. The molecule has 4 atom stereocenters. The Hall–Kier alpha value is -0.393. The van der Waals surface area contributed by atoms with Gasteiger partial charge in [-0.3, -0.25) is 9.36 Å². The molecule has 2 rings (SSSR count). The molecule has 17 heavy (non-hydrogen) atoms. The molecule has 2 fully saturated rings. The standard InChI is InChI=1S/C12H23NO3Si/c1-5-16-11(14)10-9(8-6-7-8)13(10)17(15)12(2,3)4/h8-10,15,17H,5-7H2,1-4H3/t9-,10-,13?,17?/m0/s1. The van der Waals surface area contributed by atoms with Gasteiger partial charge < -0.3 is 9.53 Å². The highest BCUT2D eigenvalue weighted by Crippen LogP contribution is 2.50. The van der Waals surface area contributed by atoms with Crippen molar-refractivity contribution in [2.75, 3.05) is 6.61 Å². The Morgan fingerprint density at radius 1 is 1.47 bits per heavy atom. The number of carbonyl (C=O) groups is 1. The van der Waals surface area contributed by atoms with E-state index in [-0.39, 0.29) is 23.1 Å². The third-order valence-electron chi connectivity index (χ3n) is 3.59. The van der Waals surface area contributed by atoms with Crippen molar-refractivity contribution in [2.45, 2.75) is 57.7 Å². The molecule has 2 aliphatic rings. The first kappa shape index (κ1) is 13.0. The number of hydrogen-bond acceptors (Lipinski definition) is 4. The predicted octanol–water partition coefficient (Wildman–Crippen LogP) is 1.03. The fourth-order valence-electron chi connectivity index (χ4n) is 2.46. The van der Waals surface area contributed by atoms with Gasteiger partial charge in [0.2, 0.25) is 0 Å². The van der Waals surface area contributed by atoms with Gasteiger partial charge in [-0.2, -0.15) is 0 Å². The minimum absolute atomic E-state index is 0.0889. The summed E-state index contributed by atoms with van der Waals surface area (Å²) in [5, 5.41) is -0.0889. The second kappa shape index (κ2) is 4.37. The van der Waals surface area contributed by atoms with Gasteiger partial charge in [-0.1, -0.05) is 20.8 Å². The van der Waals surface area contributed by atoms with Crippen LogP contribution in [0.2, 0.25) is 5.04 Å². The lowest BCUT2D eigenvalue weighted by molar-refractivity contribution is -0.143. The average molecular weight is 257 g/mol. The highest BCUT2D eigenvalue weighted by Gasteiger charge is 2.63. The second-order valence-electron chi connectivity index (χ2n) is 6.21. The first-order chi connectivity index (χ1) is 7.88. The lowest BCUT2D eigenvalue weighted by Gasteiger charge is -2.25. The van der Waals surface area contributed by atoms with Crippen LogP contribution in [-0.4, -0.2) is 43.2 Å². The van der Waals surface area contributed by atoms with Gasteiger partial charge >= 0.3 is 5.97 Å². The molecule has 1 aliphatic heterocycles. The molecule has 1 heterocycles. The quantitative estimate of drug-likeness (QED) is 0.464. The van der Waals surface area contributed by atoms with Crippen LogP contribution in [0, 0.1) is 5.92 Å². The van der Waals surface area contributed by atoms with E-state index >= 15 is 0 Å². The molecule has 0 aromatic rings. The van der Waals surface area contributed by atoms with Gasteiger partial charge in [0.1, 0.15) is 6.04 Å². The zero-order valence-corrected chi connectivity index (χ0v) is 12.3. The topological polar surface area (TPSA) is 49.5 Å². The van der Waals surface area contributed by atoms with E-state index in [9.17, 15) is 9.59 Å². The molecule has 1 aliphatic carbocycles. The van der Waals surface area contributed by atoms with Crippen molar-refractivity contribution >= 4 is 15.2 Å². The molecule has 5 heteroatoms. The fraction of sp³-hybridized carbons (Fsp3) is 0.917. The summed E-state index contributed by atoms with van der Waals surface area (Å²) in [5.41, 5.74) is 0. The van der Waals surface area contributed by atoms with Crippen molar-refractivity contribution in [2.24, 2.45) is 5.92 Å². The lowest BCUT2D eigenvalue weighted by Crippen LogP contribution is -2.37. The molecule has 98 valence electrons. The van der Waals surface area contributed by atoms with Crippen LogP contribution in [0.15, 0.2) is 0 Å². The number of carbonyl (C=O) groups excluding carboxylic acids is 1. The van der Waals surface area contributed by atoms with E-state index in [0.29, 0.717) is 12.5 Å². The van der Waals surface area contributed by atoms with Crippen LogP contribution in [-0.2, 0) is 9.53 Å². The second-order valence-corrected chi connectivity index (χ2v) is 9.29. The Labute approximate surface area is 105 Å². The van der Waals surface area contributed by atoms with Gasteiger partial charge in [-0.15, -0.1) is 0 Å². The van der Waals surface area contributed by atoms with Crippen molar-refractivity contribution in [3.63, 3.8) is 0 Å². The van der Waals surface area contributed by atoms with Gasteiger partial charge in [0.05, 0.1) is 6.61 Å². The van der Waals surface area contributed by atoms with Gasteiger partial charge in [-0.05, 0) is 30.7 Å². The average Bonchev–Trinajstić information content (AvgIpc) is 3.08. The maximum atomic E-state index is 11.8. The van der Waals surface area contributed by atoms with E-state index in [4.69, 9.17) is 4.74 Å². The van der Waals surface area contributed by atoms with Crippen LogP contribution >= 0.6 is 0 Å². The zero-order valence-electron chi connectivity index (χ0n) is 11.1. The van der Waals surface area contributed by atoms with E-state index in [1.54, 1.807) is 0 Å². The molecule has 0 spiro atoms. The molecular weight excluding hydrogens is 234 g/mol. The molecule has 0 amide bonds. The van der Waals surface area contributed by atoms with Gasteiger partial charge in [-0.25, -0.2) is 0 Å². The molecular formula is C12H23NO3Si. The first-order valence-corrected chi connectivity index (χ1v) is 8.11. The SMILES string of the molecule is CCOC(=O)[C@@H]1[C@H](C2CC2)N1[SiH](O)C(C)(C)C. The van der Waals surface area contributed by atoms with E-state index in [1.165, 1.54) is 12.8 Å². The molecule has 2 unspecified atom stereocenters. The minimum Gasteiger partial charge on any atom is -0.465 e. The Morgan fingerprint density at radius 2 is 2.06 bits per heavy atom. The lowest BCUT2D eigenvalue weighted by atomic mass is 10.2. The predicted molar refractivity (Wildman–Crippen MR) is 67.9 cm³/mol. The molecule has 0 aromatic carbocycles. The molecule has 4 nitrogen and oxygen atoms in total. The summed E-state index contributed by atoms with van der Waals surface area (Å²) in [6.07, 6.45) is 2.39. The molecule has 0 radical (unpaired) electrons. The summed E-state index contributed by atoms with van der Waals surface area (Å²) in [6.45, 7) is 8.40. The molecule has 0 aromatic heterocycles. The van der Waals surface area contributed by atoms with Crippen LogP contribution in [0.5, 0.6) is 0 Å². The van der Waals surface area contributed by atoms with Crippen molar-refractivity contribution in [3.05, 3.63) is 0 Å². The smallest absolute Gasteiger partial charge is 0.324 e. The normalized spacial score (nSPS) is 34.3. The van der Waals surface area contributed by atoms with Gasteiger partial charge in [0, 0.05) is 6.04 Å². The summed E-state index contributed by atoms with van der Waals surface area (Å²) in [7, 11) is -2.03. The van der Waals surface area contributed by atoms with Gasteiger partial charge in [0.25, 0.3) is 9.20 Å². The highest BCUT2D eigenvalue weighted by molar-refractivity contribution is 6.52. The summed E-state index contributed by atoms with van der Waals surface area (Å²) < 4.78 is 7.16. The number of hydrogen-bond donors (Lipinski definition) is 1. The van der Waals surface area contributed by atoms with Crippen molar-refractivity contribution < 1.29 is 14.3 Å². The Kier molecular flexibility index (Phi) is 3.35. The molecule has 1 saturated heterocycles. The van der Waals surface area contributed by atoms with Crippen LogP contribution in [0.1, 0.15) is 40.5 Å². The summed E-state index contributed by atoms with van der Waals surface area (Å²) in [4.78, 5) is 22.3. The third kappa shape index (κ3) is 2.56. The van der Waals surface area contributed by atoms with Crippen LogP contribution in [0.3, 0.4) is 0 Å². The number of nitrogens with zero attached hydrogens (tertiary/aromatic N) is 1. The molecule has 1 N–H and O–H groups in total. The number of rotatable bonds is 4. The largest absolute Gasteiger partial charge is 0.465 e. The van der Waals surface area contributed by atoms with E-state index in [0.717, 1.165) is 0 Å². The van der Waals surface area contributed by atoms with Crippen LogP contribution in [0.4, 0.5) is 0 Å². The first-order valence-electron chi connectivity index (χ1n) is 6.50. The molecule has 0 bridgehead atoms. The summed E-state index contributed by atoms with van der Waals surface area (Å²) in [6, 6.07) is 0.123.